The van der Waals surface area contributed by atoms with E-state index in [4.69, 9.17) is 10.5 Å². The van der Waals surface area contributed by atoms with Crippen LogP contribution in [0.3, 0.4) is 0 Å². The molecule has 0 saturated heterocycles. The van der Waals surface area contributed by atoms with Gasteiger partial charge in [0.1, 0.15) is 6.61 Å². The molecular formula is C8H16N2O4. The molecule has 0 atom stereocenters. The fourth-order valence-electron chi connectivity index (χ4n) is 0.735. The van der Waals surface area contributed by atoms with Gasteiger partial charge in [0.2, 0.25) is 5.91 Å². The minimum atomic E-state index is -0.487. The summed E-state index contributed by atoms with van der Waals surface area (Å²) in [6.45, 7) is 1.43. The SMILES string of the molecule is COC(=O)CCNCCOCC(N)=O. The molecule has 82 valence electrons. The van der Waals surface area contributed by atoms with Crippen molar-refractivity contribution in [2.75, 3.05) is 33.4 Å². The molecule has 0 rings (SSSR count). The molecule has 0 aliphatic rings. The molecule has 0 aliphatic carbocycles. The second kappa shape index (κ2) is 8.46. The van der Waals surface area contributed by atoms with Crippen LogP contribution in [0.5, 0.6) is 0 Å². The van der Waals surface area contributed by atoms with Crippen LogP contribution in [0.15, 0.2) is 0 Å². The van der Waals surface area contributed by atoms with Crippen molar-refractivity contribution in [2.45, 2.75) is 6.42 Å². The van der Waals surface area contributed by atoms with Crippen LogP contribution in [0, 0.1) is 0 Å². The Labute approximate surface area is 82.7 Å². The number of rotatable bonds is 8. The Kier molecular flexibility index (Phi) is 7.77. The second-order valence-electron chi connectivity index (χ2n) is 2.60. The molecule has 0 aromatic heterocycles. The molecule has 6 heteroatoms. The summed E-state index contributed by atoms with van der Waals surface area (Å²) >= 11 is 0. The van der Waals surface area contributed by atoms with E-state index in [-0.39, 0.29) is 12.6 Å². The normalized spacial score (nSPS) is 9.79. The number of hydrogen-bond acceptors (Lipinski definition) is 5. The van der Waals surface area contributed by atoms with Crippen LogP contribution in [-0.2, 0) is 19.1 Å². The van der Waals surface area contributed by atoms with Crippen LogP contribution >= 0.6 is 0 Å². The summed E-state index contributed by atoms with van der Waals surface area (Å²) in [5, 5.41) is 2.95. The van der Waals surface area contributed by atoms with Crippen LogP contribution in [0.4, 0.5) is 0 Å². The maximum atomic E-state index is 10.6. The smallest absolute Gasteiger partial charge is 0.306 e. The van der Waals surface area contributed by atoms with E-state index in [2.05, 4.69) is 10.1 Å². The van der Waals surface area contributed by atoms with Gasteiger partial charge in [-0.3, -0.25) is 9.59 Å². The maximum Gasteiger partial charge on any atom is 0.306 e. The zero-order valence-corrected chi connectivity index (χ0v) is 8.25. The first kappa shape index (κ1) is 12.9. The number of carbonyl (C=O) groups excluding carboxylic acids is 2. The highest BCUT2D eigenvalue weighted by molar-refractivity contribution is 5.74. The number of methoxy groups -OCH3 is 1. The average Bonchev–Trinajstić information content (AvgIpc) is 2.15. The number of ether oxygens (including phenoxy) is 2. The second-order valence-corrected chi connectivity index (χ2v) is 2.60. The summed E-state index contributed by atoms with van der Waals surface area (Å²) < 4.78 is 9.31. The maximum absolute atomic E-state index is 10.6. The minimum absolute atomic E-state index is 0.0708. The minimum Gasteiger partial charge on any atom is -0.469 e. The standard InChI is InChI=1S/C8H16N2O4/c1-13-8(12)2-3-10-4-5-14-6-7(9)11/h10H,2-6H2,1H3,(H2,9,11). The van der Waals surface area contributed by atoms with Crippen molar-refractivity contribution >= 4 is 11.9 Å². The van der Waals surface area contributed by atoms with E-state index < -0.39 is 5.91 Å². The van der Waals surface area contributed by atoms with Gasteiger partial charge in [-0.05, 0) is 0 Å². The summed E-state index contributed by atoms with van der Waals surface area (Å²) in [6.07, 6.45) is 0.326. The largest absolute Gasteiger partial charge is 0.469 e. The molecular weight excluding hydrogens is 188 g/mol. The predicted octanol–water partition coefficient (Wildman–Crippen LogP) is -1.36. The van der Waals surface area contributed by atoms with Crippen molar-refractivity contribution < 1.29 is 19.1 Å². The van der Waals surface area contributed by atoms with Gasteiger partial charge in [0, 0.05) is 13.1 Å². The molecule has 14 heavy (non-hydrogen) atoms. The molecule has 6 nitrogen and oxygen atoms in total. The first-order valence-electron chi connectivity index (χ1n) is 4.30. The number of esters is 1. The Morgan fingerprint density at radius 2 is 2.07 bits per heavy atom. The monoisotopic (exact) mass is 204 g/mol. The van der Waals surface area contributed by atoms with E-state index in [0.29, 0.717) is 26.1 Å². The summed E-state index contributed by atoms with van der Waals surface area (Å²) in [5.74, 6) is -0.741. The fourth-order valence-corrected chi connectivity index (χ4v) is 0.735. The molecule has 0 radical (unpaired) electrons. The molecule has 0 aromatic carbocycles. The quantitative estimate of drug-likeness (QED) is 0.376. The van der Waals surface area contributed by atoms with Gasteiger partial charge in [-0.2, -0.15) is 0 Å². The Hall–Kier alpha value is -1.14. The molecule has 0 spiro atoms. The Morgan fingerprint density at radius 3 is 2.64 bits per heavy atom. The van der Waals surface area contributed by atoms with Crippen molar-refractivity contribution in [3.63, 3.8) is 0 Å². The van der Waals surface area contributed by atoms with Crippen molar-refractivity contribution in [1.29, 1.82) is 0 Å². The molecule has 0 bridgehead atoms. The third-order valence-electron chi connectivity index (χ3n) is 1.40. The van der Waals surface area contributed by atoms with E-state index in [0.717, 1.165) is 0 Å². The Balaban J connectivity index is 3.06. The lowest BCUT2D eigenvalue weighted by molar-refractivity contribution is -0.140. The molecule has 0 aliphatic heterocycles. The number of nitrogens with one attached hydrogen (secondary N) is 1. The summed E-state index contributed by atoms with van der Waals surface area (Å²) in [7, 11) is 1.35. The average molecular weight is 204 g/mol. The lowest BCUT2D eigenvalue weighted by Gasteiger charge is -2.03. The number of carbonyl (C=O) groups is 2. The zero-order valence-electron chi connectivity index (χ0n) is 8.25. The first-order chi connectivity index (χ1) is 6.66. The summed E-state index contributed by atoms with van der Waals surface area (Å²) in [6, 6.07) is 0. The van der Waals surface area contributed by atoms with Gasteiger partial charge >= 0.3 is 5.97 Å². The highest BCUT2D eigenvalue weighted by atomic mass is 16.5. The number of nitrogens with two attached hydrogens (primary N) is 1. The number of amides is 1. The zero-order chi connectivity index (χ0) is 10.8. The van der Waals surface area contributed by atoms with Gasteiger partial charge in [0.25, 0.3) is 0 Å². The lowest BCUT2D eigenvalue weighted by atomic mass is 10.4. The van der Waals surface area contributed by atoms with Crippen molar-refractivity contribution in [3.8, 4) is 0 Å². The molecule has 0 aromatic rings. The van der Waals surface area contributed by atoms with E-state index in [1.807, 2.05) is 0 Å². The van der Waals surface area contributed by atoms with Gasteiger partial charge < -0.3 is 20.5 Å². The summed E-state index contributed by atoms with van der Waals surface area (Å²) in [5.41, 5.74) is 4.85. The van der Waals surface area contributed by atoms with Gasteiger partial charge in [-0.1, -0.05) is 0 Å². The fraction of sp³-hybridized carbons (Fsp3) is 0.750. The predicted molar refractivity (Wildman–Crippen MR) is 49.5 cm³/mol. The molecule has 0 unspecified atom stereocenters. The molecule has 0 fully saturated rings. The summed E-state index contributed by atoms with van der Waals surface area (Å²) in [4.78, 5) is 20.9. The van der Waals surface area contributed by atoms with Crippen LogP contribution in [0.25, 0.3) is 0 Å². The van der Waals surface area contributed by atoms with Gasteiger partial charge in [-0.15, -0.1) is 0 Å². The van der Waals surface area contributed by atoms with Gasteiger partial charge in [0.15, 0.2) is 0 Å². The number of primary amides is 1. The number of hydrogen-bond donors (Lipinski definition) is 2. The molecule has 3 N–H and O–H groups in total. The van der Waals surface area contributed by atoms with Crippen molar-refractivity contribution in [2.24, 2.45) is 5.73 Å². The van der Waals surface area contributed by atoms with E-state index >= 15 is 0 Å². The van der Waals surface area contributed by atoms with Crippen LogP contribution in [-0.4, -0.2) is 45.3 Å². The highest BCUT2D eigenvalue weighted by Crippen LogP contribution is 1.80. The van der Waals surface area contributed by atoms with Gasteiger partial charge in [0.05, 0.1) is 20.1 Å². The van der Waals surface area contributed by atoms with E-state index in [9.17, 15) is 9.59 Å². The van der Waals surface area contributed by atoms with E-state index in [1.54, 1.807) is 0 Å². The Morgan fingerprint density at radius 1 is 1.36 bits per heavy atom. The lowest BCUT2D eigenvalue weighted by Crippen LogP contribution is -2.25. The van der Waals surface area contributed by atoms with Gasteiger partial charge in [-0.25, -0.2) is 0 Å². The van der Waals surface area contributed by atoms with Crippen molar-refractivity contribution in [3.05, 3.63) is 0 Å². The molecule has 1 amide bonds. The third kappa shape index (κ3) is 8.95. The first-order valence-corrected chi connectivity index (χ1v) is 4.30. The Bertz CT molecular complexity index is 184. The third-order valence-corrected chi connectivity index (χ3v) is 1.40. The van der Waals surface area contributed by atoms with E-state index in [1.165, 1.54) is 7.11 Å². The topological polar surface area (TPSA) is 90.7 Å². The molecule has 0 saturated carbocycles. The molecule has 0 heterocycles. The van der Waals surface area contributed by atoms with Crippen LogP contribution in [0.2, 0.25) is 0 Å². The van der Waals surface area contributed by atoms with Crippen LogP contribution in [0.1, 0.15) is 6.42 Å². The van der Waals surface area contributed by atoms with Crippen LogP contribution < -0.4 is 11.1 Å². The van der Waals surface area contributed by atoms with Crippen molar-refractivity contribution in [1.82, 2.24) is 5.32 Å². The highest BCUT2D eigenvalue weighted by Gasteiger charge is 1.98.